The molecule has 1 rings (SSSR count). The molecule has 7 heteroatoms. The molecule has 0 atom stereocenters. The minimum Gasteiger partial charge on any atom is -0.504 e. The SMILES string of the molecule is CCOC(=O)C(=O)c1cc(Br)c(O)c(F)c1OC. The standard InChI is InChI=1S/C11H10BrFO5/c1-3-18-11(16)8(14)5-4-6(12)9(15)7(13)10(5)17-2/h4,15H,3H2,1-2H3. The topological polar surface area (TPSA) is 72.8 Å². The molecule has 18 heavy (non-hydrogen) atoms. The first-order chi connectivity index (χ1) is 8.43. The molecule has 0 radical (unpaired) electrons. The molecule has 0 amide bonds. The third-order valence-corrected chi connectivity index (χ3v) is 2.66. The predicted octanol–water partition coefficient (Wildman–Crippen LogP) is 2.05. The summed E-state index contributed by atoms with van der Waals surface area (Å²) in [5, 5.41) is 9.34. The van der Waals surface area contributed by atoms with Crippen LogP contribution in [0.2, 0.25) is 0 Å². The van der Waals surface area contributed by atoms with Gasteiger partial charge in [-0.05, 0) is 28.9 Å². The van der Waals surface area contributed by atoms with Gasteiger partial charge in [0, 0.05) is 0 Å². The third kappa shape index (κ3) is 2.61. The first kappa shape index (κ1) is 14.4. The van der Waals surface area contributed by atoms with Gasteiger partial charge in [0.05, 0.1) is 23.8 Å². The number of ether oxygens (including phenoxy) is 2. The molecule has 98 valence electrons. The quantitative estimate of drug-likeness (QED) is 0.522. The van der Waals surface area contributed by atoms with Gasteiger partial charge in [0.25, 0.3) is 5.78 Å². The van der Waals surface area contributed by atoms with Crippen LogP contribution >= 0.6 is 15.9 Å². The van der Waals surface area contributed by atoms with Gasteiger partial charge in [0.1, 0.15) is 0 Å². The smallest absolute Gasteiger partial charge is 0.379 e. The molecular weight excluding hydrogens is 311 g/mol. The summed E-state index contributed by atoms with van der Waals surface area (Å²) in [5.41, 5.74) is -0.321. The van der Waals surface area contributed by atoms with E-state index >= 15 is 0 Å². The number of ketones is 1. The number of benzene rings is 1. The first-order valence-electron chi connectivity index (χ1n) is 4.90. The normalized spacial score (nSPS) is 10.0. The molecule has 0 unspecified atom stereocenters. The lowest BCUT2D eigenvalue weighted by molar-refractivity contribution is -0.137. The van der Waals surface area contributed by atoms with Crippen molar-refractivity contribution in [2.45, 2.75) is 6.92 Å². The van der Waals surface area contributed by atoms with Crippen LogP contribution in [-0.2, 0) is 9.53 Å². The van der Waals surface area contributed by atoms with Gasteiger partial charge in [-0.1, -0.05) is 0 Å². The van der Waals surface area contributed by atoms with Crippen molar-refractivity contribution in [1.29, 1.82) is 0 Å². The fraction of sp³-hybridized carbons (Fsp3) is 0.273. The summed E-state index contributed by atoms with van der Waals surface area (Å²) in [6.45, 7) is 1.56. The number of Topliss-reactive ketones (excluding diaryl/α,β-unsaturated/α-hetero) is 1. The van der Waals surface area contributed by atoms with Crippen LogP contribution in [0.3, 0.4) is 0 Å². The Hall–Kier alpha value is -1.63. The second kappa shape index (κ2) is 5.81. The molecule has 0 aliphatic rings. The summed E-state index contributed by atoms with van der Waals surface area (Å²) in [4.78, 5) is 23.0. The van der Waals surface area contributed by atoms with E-state index < -0.39 is 29.1 Å². The van der Waals surface area contributed by atoms with Crippen molar-refractivity contribution >= 4 is 27.7 Å². The van der Waals surface area contributed by atoms with Gasteiger partial charge in [-0.3, -0.25) is 4.79 Å². The van der Waals surface area contributed by atoms with Crippen molar-refractivity contribution in [3.63, 3.8) is 0 Å². The highest BCUT2D eigenvalue weighted by Crippen LogP contribution is 2.36. The molecule has 0 bridgehead atoms. The van der Waals surface area contributed by atoms with E-state index in [1.807, 2.05) is 0 Å². The number of hydrogen-bond acceptors (Lipinski definition) is 5. The summed E-state index contributed by atoms with van der Waals surface area (Å²) in [6, 6.07) is 1.09. The number of phenols is 1. The molecule has 0 spiro atoms. The zero-order chi connectivity index (χ0) is 13.9. The van der Waals surface area contributed by atoms with E-state index in [4.69, 9.17) is 0 Å². The lowest BCUT2D eigenvalue weighted by Crippen LogP contribution is -2.18. The van der Waals surface area contributed by atoms with Crippen molar-refractivity contribution < 1.29 is 28.6 Å². The molecule has 0 saturated carbocycles. The van der Waals surface area contributed by atoms with Gasteiger partial charge in [-0.2, -0.15) is 4.39 Å². The van der Waals surface area contributed by atoms with Crippen molar-refractivity contribution in [2.24, 2.45) is 0 Å². The Morgan fingerprint density at radius 1 is 1.50 bits per heavy atom. The van der Waals surface area contributed by atoms with Crippen LogP contribution in [0.4, 0.5) is 4.39 Å². The van der Waals surface area contributed by atoms with Crippen LogP contribution in [0.25, 0.3) is 0 Å². The summed E-state index contributed by atoms with van der Waals surface area (Å²) in [6.07, 6.45) is 0. The number of carbonyl (C=O) groups excluding carboxylic acids is 2. The molecule has 1 N–H and O–H groups in total. The fourth-order valence-electron chi connectivity index (χ4n) is 1.27. The van der Waals surface area contributed by atoms with Crippen LogP contribution in [0.5, 0.6) is 11.5 Å². The Balaban J connectivity index is 3.32. The Morgan fingerprint density at radius 3 is 2.61 bits per heavy atom. The van der Waals surface area contributed by atoms with Gasteiger partial charge in [-0.25, -0.2) is 4.79 Å². The Morgan fingerprint density at radius 2 is 2.11 bits per heavy atom. The van der Waals surface area contributed by atoms with Crippen LogP contribution in [0, 0.1) is 5.82 Å². The highest BCUT2D eigenvalue weighted by Gasteiger charge is 2.27. The average molecular weight is 321 g/mol. The van der Waals surface area contributed by atoms with Crippen molar-refractivity contribution in [1.82, 2.24) is 0 Å². The third-order valence-electron chi connectivity index (χ3n) is 2.06. The number of aromatic hydroxyl groups is 1. The lowest BCUT2D eigenvalue weighted by atomic mass is 10.1. The van der Waals surface area contributed by atoms with E-state index in [1.54, 1.807) is 0 Å². The van der Waals surface area contributed by atoms with E-state index in [2.05, 4.69) is 25.4 Å². The zero-order valence-corrected chi connectivity index (χ0v) is 11.2. The van der Waals surface area contributed by atoms with E-state index in [0.29, 0.717) is 0 Å². The van der Waals surface area contributed by atoms with E-state index in [1.165, 1.54) is 6.92 Å². The number of rotatable bonds is 4. The van der Waals surface area contributed by atoms with Gasteiger partial charge in [-0.15, -0.1) is 0 Å². The molecule has 0 aromatic heterocycles. The molecule has 0 aliphatic carbocycles. The monoisotopic (exact) mass is 320 g/mol. The average Bonchev–Trinajstić information content (AvgIpc) is 2.35. The summed E-state index contributed by atoms with van der Waals surface area (Å²) < 4.78 is 22.8. The Kier molecular flexibility index (Phi) is 4.66. The molecule has 5 nitrogen and oxygen atoms in total. The van der Waals surface area contributed by atoms with Gasteiger partial charge in [0.15, 0.2) is 11.5 Å². The van der Waals surface area contributed by atoms with Crippen molar-refractivity contribution in [3.8, 4) is 11.5 Å². The van der Waals surface area contributed by atoms with Gasteiger partial charge >= 0.3 is 5.97 Å². The van der Waals surface area contributed by atoms with E-state index in [9.17, 15) is 19.1 Å². The van der Waals surface area contributed by atoms with Crippen molar-refractivity contribution in [3.05, 3.63) is 21.9 Å². The van der Waals surface area contributed by atoms with Crippen LogP contribution in [0.1, 0.15) is 17.3 Å². The second-order valence-electron chi connectivity index (χ2n) is 3.15. The van der Waals surface area contributed by atoms with Gasteiger partial charge < -0.3 is 14.6 Å². The first-order valence-corrected chi connectivity index (χ1v) is 5.69. The largest absolute Gasteiger partial charge is 0.504 e. The second-order valence-corrected chi connectivity index (χ2v) is 4.01. The Labute approximate surface area is 111 Å². The maximum absolute atomic E-state index is 13.6. The molecule has 0 fully saturated rings. The fourth-order valence-corrected chi connectivity index (χ4v) is 1.67. The van der Waals surface area contributed by atoms with Crippen LogP contribution < -0.4 is 4.74 Å². The zero-order valence-electron chi connectivity index (χ0n) is 9.62. The summed E-state index contributed by atoms with van der Waals surface area (Å²) in [7, 11) is 1.12. The highest BCUT2D eigenvalue weighted by molar-refractivity contribution is 9.10. The summed E-state index contributed by atoms with van der Waals surface area (Å²) in [5.74, 6) is -4.50. The number of carbonyl (C=O) groups is 2. The maximum atomic E-state index is 13.6. The molecule has 0 aliphatic heterocycles. The number of methoxy groups -OCH3 is 1. The molecular formula is C11H10BrFO5. The van der Waals surface area contributed by atoms with Crippen LogP contribution in [0.15, 0.2) is 10.5 Å². The minimum atomic E-state index is -1.13. The van der Waals surface area contributed by atoms with E-state index in [0.717, 1.165) is 13.2 Å². The van der Waals surface area contributed by atoms with Crippen LogP contribution in [-0.4, -0.2) is 30.6 Å². The number of phenolic OH excluding ortho intramolecular Hbond substituents is 1. The highest BCUT2D eigenvalue weighted by atomic mass is 79.9. The predicted molar refractivity (Wildman–Crippen MR) is 63.3 cm³/mol. The van der Waals surface area contributed by atoms with E-state index in [-0.39, 0.29) is 16.6 Å². The number of hydrogen-bond donors (Lipinski definition) is 1. The Bertz CT molecular complexity index is 501. The summed E-state index contributed by atoms with van der Waals surface area (Å²) >= 11 is 2.87. The number of esters is 1. The van der Waals surface area contributed by atoms with Gasteiger partial charge in [0.2, 0.25) is 5.82 Å². The van der Waals surface area contributed by atoms with Crippen molar-refractivity contribution in [2.75, 3.05) is 13.7 Å². The molecule has 0 saturated heterocycles. The lowest BCUT2D eigenvalue weighted by Gasteiger charge is -2.10. The maximum Gasteiger partial charge on any atom is 0.379 e. The minimum absolute atomic E-state index is 0.0224. The molecule has 0 heterocycles. The number of halogens is 2. The molecule has 1 aromatic rings. The molecule has 1 aromatic carbocycles.